The quantitative estimate of drug-likeness (QED) is 0.417. The van der Waals surface area contributed by atoms with Crippen LogP contribution in [0, 0.1) is 0 Å². The highest BCUT2D eigenvalue weighted by molar-refractivity contribution is 5.99. The Kier molecular flexibility index (Phi) is 9.30. The molecule has 1 N–H and O–H groups in total. The second kappa shape index (κ2) is 12.6. The highest BCUT2D eigenvalue weighted by Gasteiger charge is 2.35. The maximum absolute atomic E-state index is 13.1. The van der Waals surface area contributed by atoms with Crippen molar-refractivity contribution in [3.05, 3.63) is 65.7 Å². The Bertz CT molecular complexity index is 914. The van der Waals surface area contributed by atoms with Crippen molar-refractivity contribution in [3.63, 3.8) is 0 Å². The number of ether oxygens (including phenoxy) is 2. The Hall–Kier alpha value is -3.35. The van der Waals surface area contributed by atoms with Gasteiger partial charge in [-0.25, -0.2) is 0 Å². The monoisotopic (exact) mass is 452 g/mol. The summed E-state index contributed by atoms with van der Waals surface area (Å²) in [5.74, 6) is -0.422. The highest BCUT2D eigenvalue weighted by atomic mass is 16.5. The molecule has 1 heterocycles. The van der Waals surface area contributed by atoms with Crippen molar-refractivity contribution in [2.45, 2.75) is 45.1 Å². The number of rotatable bonds is 11. The molecule has 0 aromatic heterocycles. The van der Waals surface area contributed by atoms with Crippen LogP contribution >= 0.6 is 0 Å². The minimum absolute atomic E-state index is 0.176. The lowest BCUT2D eigenvalue weighted by molar-refractivity contribution is -0.147. The number of hydrogen-bond acceptors (Lipinski definition) is 5. The number of carbonyl (C=O) groups is 3. The zero-order chi connectivity index (χ0) is 23.5. The van der Waals surface area contributed by atoms with Crippen molar-refractivity contribution in [2.24, 2.45) is 0 Å². The van der Waals surface area contributed by atoms with E-state index in [2.05, 4.69) is 12.2 Å². The van der Waals surface area contributed by atoms with Crippen LogP contribution < -0.4 is 10.1 Å². The number of hydrogen-bond donors (Lipinski definition) is 1. The molecule has 7 nitrogen and oxygen atoms in total. The third kappa shape index (κ3) is 7.34. The van der Waals surface area contributed by atoms with E-state index >= 15 is 0 Å². The molecule has 0 aliphatic carbocycles. The van der Waals surface area contributed by atoms with E-state index in [1.165, 1.54) is 4.90 Å². The molecule has 1 atom stereocenters. The zero-order valence-electron chi connectivity index (χ0n) is 19.1. The van der Waals surface area contributed by atoms with Crippen molar-refractivity contribution < 1.29 is 23.9 Å². The van der Waals surface area contributed by atoms with Crippen LogP contribution in [0.25, 0.3) is 0 Å². The fourth-order valence-corrected chi connectivity index (χ4v) is 3.71. The Morgan fingerprint density at radius 2 is 1.79 bits per heavy atom. The fraction of sp³-hybridized carbons (Fsp3) is 0.423. The highest BCUT2D eigenvalue weighted by Crippen LogP contribution is 2.18. The predicted molar refractivity (Wildman–Crippen MR) is 125 cm³/mol. The van der Waals surface area contributed by atoms with Crippen molar-refractivity contribution in [2.75, 3.05) is 26.3 Å². The molecule has 1 saturated heterocycles. The summed E-state index contributed by atoms with van der Waals surface area (Å²) in [4.78, 5) is 39.4. The van der Waals surface area contributed by atoms with Gasteiger partial charge in [0.2, 0.25) is 5.91 Å². The van der Waals surface area contributed by atoms with Gasteiger partial charge in [-0.2, -0.15) is 0 Å². The molecule has 0 radical (unpaired) electrons. The lowest BCUT2D eigenvalue weighted by Gasteiger charge is -2.34. The maximum Gasteiger partial charge on any atom is 0.308 e. The standard InChI is InChI=1S/C26H32N2O5/c1-2-3-7-17-32-22-12-10-21(11-13-22)26(31)28-16-15-27-25(30)23(28)19-24(29)33-18-14-20-8-5-4-6-9-20/h4-6,8-13,23H,2-3,7,14-19H2,1H3,(H,27,30). The number of unbranched alkanes of at least 4 members (excludes halogenated alkanes) is 2. The molecule has 2 aromatic rings. The van der Waals surface area contributed by atoms with Crippen LogP contribution in [0.2, 0.25) is 0 Å². The molecular formula is C26H32N2O5. The third-order valence-electron chi connectivity index (χ3n) is 5.57. The van der Waals surface area contributed by atoms with E-state index in [4.69, 9.17) is 9.47 Å². The van der Waals surface area contributed by atoms with E-state index in [0.717, 1.165) is 24.8 Å². The molecule has 0 saturated carbocycles. The van der Waals surface area contributed by atoms with Crippen molar-refractivity contribution >= 4 is 17.8 Å². The van der Waals surface area contributed by atoms with Gasteiger partial charge in [0, 0.05) is 25.1 Å². The number of piperazine rings is 1. The first-order valence-corrected chi connectivity index (χ1v) is 11.6. The molecule has 33 heavy (non-hydrogen) atoms. The van der Waals surface area contributed by atoms with E-state index in [9.17, 15) is 14.4 Å². The molecule has 2 amide bonds. The van der Waals surface area contributed by atoms with Crippen molar-refractivity contribution in [1.29, 1.82) is 0 Å². The fourth-order valence-electron chi connectivity index (χ4n) is 3.71. The van der Waals surface area contributed by atoms with Crippen LogP contribution in [0.4, 0.5) is 0 Å². The Balaban J connectivity index is 1.55. The Morgan fingerprint density at radius 3 is 2.52 bits per heavy atom. The van der Waals surface area contributed by atoms with E-state index in [-0.39, 0.29) is 24.8 Å². The number of nitrogens with zero attached hydrogens (tertiary/aromatic N) is 1. The normalized spacial score (nSPS) is 15.6. The summed E-state index contributed by atoms with van der Waals surface area (Å²) in [6.45, 7) is 3.69. The van der Waals surface area contributed by atoms with Gasteiger partial charge in [-0.15, -0.1) is 0 Å². The molecule has 7 heteroatoms. The predicted octanol–water partition coefficient (Wildman–Crippen LogP) is 3.37. The van der Waals surface area contributed by atoms with Gasteiger partial charge in [-0.3, -0.25) is 14.4 Å². The summed E-state index contributed by atoms with van der Waals surface area (Å²) in [7, 11) is 0. The van der Waals surface area contributed by atoms with Crippen LogP contribution in [-0.2, 0) is 20.7 Å². The number of carbonyl (C=O) groups excluding carboxylic acids is 3. The first kappa shape index (κ1) is 24.3. The number of nitrogens with one attached hydrogen (secondary N) is 1. The van der Waals surface area contributed by atoms with Gasteiger partial charge in [0.05, 0.1) is 19.6 Å². The molecule has 3 rings (SSSR count). The van der Waals surface area contributed by atoms with Crippen molar-refractivity contribution in [1.82, 2.24) is 10.2 Å². The largest absolute Gasteiger partial charge is 0.494 e. The molecule has 0 bridgehead atoms. The van der Waals surface area contributed by atoms with Gasteiger partial charge >= 0.3 is 5.97 Å². The molecule has 1 aliphatic heterocycles. The van der Waals surface area contributed by atoms with Crippen molar-refractivity contribution in [3.8, 4) is 5.75 Å². The van der Waals surface area contributed by atoms with E-state index in [0.29, 0.717) is 37.4 Å². The zero-order valence-corrected chi connectivity index (χ0v) is 19.1. The van der Waals surface area contributed by atoms with E-state index in [1.54, 1.807) is 24.3 Å². The lowest BCUT2D eigenvalue weighted by atomic mass is 10.1. The van der Waals surface area contributed by atoms with Gasteiger partial charge in [-0.1, -0.05) is 50.1 Å². The molecule has 176 valence electrons. The summed E-state index contributed by atoms with van der Waals surface area (Å²) >= 11 is 0. The first-order chi connectivity index (χ1) is 16.1. The average Bonchev–Trinajstić information content (AvgIpc) is 2.84. The average molecular weight is 453 g/mol. The van der Waals surface area contributed by atoms with Gasteiger partial charge in [0.1, 0.15) is 11.8 Å². The Morgan fingerprint density at radius 1 is 1.03 bits per heavy atom. The maximum atomic E-state index is 13.1. The van der Waals surface area contributed by atoms with Crippen LogP contribution in [0.3, 0.4) is 0 Å². The molecule has 1 unspecified atom stereocenters. The van der Waals surface area contributed by atoms with Crippen LogP contribution in [0.1, 0.15) is 48.5 Å². The second-order valence-electron chi connectivity index (χ2n) is 8.05. The number of benzene rings is 2. The van der Waals surface area contributed by atoms with Gasteiger partial charge in [0.25, 0.3) is 5.91 Å². The first-order valence-electron chi connectivity index (χ1n) is 11.6. The topological polar surface area (TPSA) is 84.9 Å². The van der Waals surface area contributed by atoms with Gasteiger partial charge in [-0.05, 0) is 36.2 Å². The number of esters is 1. The minimum Gasteiger partial charge on any atom is -0.494 e. The minimum atomic E-state index is -0.888. The van der Waals surface area contributed by atoms with Crippen LogP contribution in [0.15, 0.2) is 54.6 Å². The SMILES string of the molecule is CCCCCOc1ccc(C(=O)N2CCNC(=O)C2CC(=O)OCCc2ccccc2)cc1. The number of amides is 2. The van der Waals surface area contributed by atoms with Crippen LogP contribution in [0.5, 0.6) is 5.75 Å². The molecule has 1 aliphatic rings. The summed E-state index contributed by atoms with van der Waals surface area (Å²) in [5, 5.41) is 2.74. The summed E-state index contributed by atoms with van der Waals surface area (Å²) < 4.78 is 11.0. The molecule has 2 aromatic carbocycles. The molecule has 1 fully saturated rings. The van der Waals surface area contributed by atoms with Gasteiger partial charge < -0.3 is 19.7 Å². The third-order valence-corrected chi connectivity index (χ3v) is 5.57. The van der Waals surface area contributed by atoms with E-state index in [1.807, 2.05) is 30.3 Å². The Labute approximate surface area is 195 Å². The summed E-state index contributed by atoms with van der Waals surface area (Å²) in [5.41, 5.74) is 1.52. The van der Waals surface area contributed by atoms with E-state index < -0.39 is 12.0 Å². The van der Waals surface area contributed by atoms with Gasteiger partial charge in [0.15, 0.2) is 0 Å². The lowest BCUT2D eigenvalue weighted by Crippen LogP contribution is -2.57. The smallest absolute Gasteiger partial charge is 0.308 e. The van der Waals surface area contributed by atoms with Crippen LogP contribution in [-0.4, -0.2) is 55.0 Å². The summed E-state index contributed by atoms with van der Waals surface area (Å²) in [6.07, 6.45) is 3.65. The molecular weight excluding hydrogens is 420 g/mol. The summed E-state index contributed by atoms with van der Waals surface area (Å²) in [6, 6.07) is 15.7. The molecule has 0 spiro atoms. The second-order valence-corrected chi connectivity index (χ2v) is 8.05.